The van der Waals surface area contributed by atoms with Gasteiger partial charge in [0.2, 0.25) is 0 Å². The fraction of sp³-hybridized carbons (Fsp3) is 0.222. The lowest BCUT2D eigenvalue weighted by Gasteiger charge is -2.05. The summed E-state index contributed by atoms with van der Waals surface area (Å²) in [6.45, 7) is 1.87. The van der Waals surface area contributed by atoms with E-state index in [1.54, 1.807) is 6.07 Å². The summed E-state index contributed by atoms with van der Waals surface area (Å²) in [5, 5.41) is 0.826. The van der Waals surface area contributed by atoms with Gasteiger partial charge in [-0.2, -0.15) is 0 Å². The molecule has 0 saturated carbocycles. The first-order valence-electron chi connectivity index (χ1n) is 3.61. The number of Topliss-reactive ketones (excluding diaryl/α,β-unsaturated/α-hetero) is 1. The van der Waals surface area contributed by atoms with E-state index in [-0.39, 0.29) is 5.78 Å². The molecule has 0 amide bonds. The van der Waals surface area contributed by atoms with Crippen molar-refractivity contribution in [2.45, 2.75) is 6.92 Å². The maximum Gasteiger partial charge on any atom is 0.174 e. The SMILES string of the molecule is Cc1c(Br)ccc(C(=O)CBr)c1Cl. The van der Waals surface area contributed by atoms with Gasteiger partial charge in [0.15, 0.2) is 5.78 Å². The minimum absolute atomic E-state index is 0.000556. The first kappa shape index (κ1) is 11.2. The van der Waals surface area contributed by atoms with E-state index in [0.29, 0.717) is 15.9 Å². The van der Waals surface area contributed by atoms with Crippen LogP contribution in [0.2, 0.25) is 5.02 Å². The van der Waals surface area contributed by atoms with E-state index < -0.39 is 0 Å². The Labute approximate surface area is 98.7 Å². The molecule has 0 N–H and O–H groups in total. The van der Waals surface area contributed by atoms with Crippen LogP contribution < -0.4 is 0 Å². The lowest BCUT2D eigenvalue weighted by atomic mass is 10.1. The fourth-order valence-electron chi connectivity index (χ4n) is 0.949. The number of alkyl halides is 1. The maximum atomic E-state index is 11.4. The molecule has 0 atom stereocenters. The summed E-state index contributed by atoms with van der Waals surface area (Å²) in [5.41, 5.74) is 1.47. The van der Waals surface area contributed by atoms with Crippen LogP contribution in [0, 0.1) is 6.92 Å². The van der Waals surface area contributed by atoms with Gasteiger partial charge in [-0.1, -0.05) is 43.5 Å². The molecule has 0 aliphatic heterocycles. The van der Waals surface area contributed by atoms with Crippen molar-refractivity contribution in [2.75, 3.05) is 5.33 Å². The third-order valence-corrected chi connectivity index (χ3v) is 3.60. The van der Waals surface area contributed by atoms with E-state index in [0.717, 1.165) is 10.0 Å². The Kier molecular flexibility index (Phi) is 3.95. The number of benzene rings is 1. The molecule has 0 aliphatic carbocycles. The molecule has 0 spiro atoms. The van der Waals surface area contributed by atoms with E-state index in [1.165, 1.54) is 0 Å². The highest BCUT2D eigenvalue weighted by molar-refractivity contribution is 9.10. The second kappa shape index (κ2) is 4.58. The number of carbonyl (C=O) groups excluding carboxylic acids is 1. The molecule has 0 radical (unpaired) electrons. The standard InChI is InChI=1S/C9H7Br2ClO/c1-5-7(11)3-2-6(9(5)12)8(13)4-10/h2-3H,4H2,1H3. The Morgan fingerprint density at radius 2 is 2.15 bits per heavy atom. The van der Waals surface area contributed by atoms with Crippen LogP contribution >= 0.6 is 43.5 Å². The molecule has 0 aromatic heterocycles. The summed E-state index contributed by atoms with van der Waals surface area (Å²) in [4.78, 5) is 11.4. The molecule has 1 rings (SSSR count). The van der Waals surface area contributed by atoms with E-state index in [1.807, 2.05) is 13.0 Å². The molecule has 1 aromatic carbocycles. The van der Waals surface area contributed by atoms with Gasteiger partial charge in [0, 0.05) is 10.0 Å². The van der Waals surface area contributed by atoms with Crippen LogP contribution in [-0.4, -0.2) is 11.1 Å². The van der Waals surface area contributed by atoms with E-state index in [2.05, 4.69) is 31.9 Å². The van der Waals surface area contributed by atoms with Crippen molar-refractivity contribution in [1.82, 2.24) is 0 Å². The highest BCUT2D eigenvalue weighted by Gasteiger charge is 2.11. The molecule has 0 bridgehead atoms. The minimum atomic E-state index is 0.000556. The van der Waals surface area contributed by atoms with Crippen LogP contribution in [0.5, 0.6) is 0 Å². The van der Waals surface area contributed by atoms with Crippen LogP contribution in [-0.2, 0) is 0 Å². The lowest BCUT2D eigenvalue weighted by Crippen LogP contribution is -2.01. The van der Waals surface area contributed by atoms with Gasteiger partial charge in [-0.15, -0.1) is 0 Å². The van der Waals surface area contributed by atoms with E-state index in [9.17, 15) is 4.79 Å². The Morgan fingerprint density at radius 3 is 2.69 bits per heavy atom. The molecule has 0 unspecified atom stereocenters. The summed E-state index contributed by atoms with van der Waals surface area (Å²) in [6, 6.07) is 3.56. The highest BCUT2D eigenvalue weighted by Crippen LogP contribution is 2.27. The van der Waals surface area contributed by atoms with Gasteiger partial charge in [-0.05, 0) is 24.6 Å². The third-order valence-electron chi connectivity index (χ3n) is 1.74. The molecule has 4 heteroatoms. The molecular formula is C9H7Br2ClO. The first-order valence-corrected chi connectivity index (χ1v) is 5.91. The predicted octanol–water partition coefficient (Wildman–Crippen LogP) is 3.99. The number of hydrogen-bond donors (Lipinski definition) is 0. The lowest BCUT2D eigenvalue weighted by molar-refractivity contribution is 0.102. The van der Waals surface area contributed by atoms with Crippen molar-refractivity contribution in [2.24, 2.45) is 0 Å². The monoisotopic (exact) mass is 324 g/mol. The molecule has 13 heavy (non-hydrogen) atoms. The zero-order valence-electron chi connectivity index (χ0n) is 6.90. The van der Waals surface area contributed by atoms with Crippen molar-refractivity contribution >= 4 is 49.2 Å². The van der Waals surface area contributed by atoms with Crippen molar-refractivity contribution in [3.8, 4) is 0 Å². The van der Waals surface area contributed by atoms with Gasteiger partial charge < -0.3 is 0 Å². The van der Waals surface area contributed by atoms with E-state index >= 15 is 0 Å². The number of carbonyl (C=O) groups is 1. The van der Waals surface area contributed by atoms with Crippen LogP contribution in [0.4, 0.5) is 0 Å². The van der Waals surface area contributed by atoms with Gasteiger partial charge in [-0.3, -0.25) is 4.79 Å². The van der Waals surface area contributed by atoms with Gasteiger partial charge >= 0.3 is 0 Å². The van der Waals surface area contributed by atoms with Gasteiger partial charge in [-0.25, -0.2) is 0 Å². The van der Waals surface area contributed by atoms with Gasteiger partial charge in [0.1, 0.15) is 0 Å². The normalized spacial score (nSPS) is 10.2. The van der Waals surface area contributed by atoms with Crippen molar-refractivity contribution in [1.29, 1.82) is 0 Å². The number of rotatable bonds is 2. The molecule has 1 aromatic rings. The second-order valence-corrected chi connectivity index (χ2v) is 4.38. The predicted molar refractivity (Wildman–Crippen MR) is 62.0 cm³/mol. The Hall–Kier alpha value is 0.140. The maximum absolute atomic E-state index is 11.4. The second-order valence-electron chi connectivity index (χ2n) is 2.59. The quantitative estimate of drug-likeness (QED) is 0.593. The molecule has 70 valence electrons. The number of ketones is 1. The average molecular weight is 326 g/mol. The Morgan fingerprint density at radius 1 is 1.54 bits per heavy atom. The zero-order valence-corrected chi connectivity index (χ0v) is 10.8. The smallest absolute Gasteiger partial charge is 0.174 e. The topological polar surface area (TPSA) is 17.1 Å². The molecule has 0 aliphatic rings. The Balaban J connectivity index is 3.26. The average Bonchev–Trinajstić information content (AvgIpc) is 2.13. The van der Waals surface area contributed by atoms with Crippen LogP contribution in [0.25, 0.3) is 0 Å². The highest BCUT2D eigenvalue weighted by atomic mass is 79.9. The largest absolute Gasteiger partial charge is 0.293 e. The molecule has 0 saturated heterocycles. The summed E-state index contributed by atoms with van der Waals surface area (Å²) in [7, 11) is 0. The van der Waals surface area contributed by atoms with Crippen LogP contribution in [0.15, 0.2) is 16.6 Å². The molecule has 0 heterocycles. The molecular weight excluding hydrogens is 319 g/mol. The first-order chi connectivity index (χ1) is 6.07. The molecule has 1 nitrogen and oxygen atoms in total. The fourth-order valence-corrected chi connectivity index (χ4v) is 1.97. The van der Waals surface area contributed by atoms with Gasteiger partial charge in [0.05, 0.1) is 10.4 Å². The van der Waals surface area contributed by atoms with Crippen LogP contribution in [0.3, 0.4) is 0 Å². The summed E-state index contributed by atoms with van der Waals surface area (Å²) < 4.78 is 0.920. The summed E-state index contributed by atoms with van der Waals surface area (Å²) in [5.74, 6) is 0.000556. The van der Waals surface area contributed by atoms with E-state index in [4.69, 9.17) is 11.6 Å². The van der Waals surface area contributed by atoms with Crippen molar-refractivity contribution in [3.05, 3.63) is 32.8 Å². The summed E-state index contributed by atoms with van der Waals surface area (Å²) >= 11 is 12.5. The molecule has 0 fully saturated rings. The van der Waals surface area contributed by atoms with Gasteiger partial charge in [0.25, 0.3) is 0 Å². The summed E-state index contributed by atoms with van der Waals surface area (Å²) in [6.07, 6.45) is 0. The Bertz CT molecular complexity index is 350. The number of hydrogen-bond acceptors (Lipinski definition) is 1. The zero-order chi connectivity index (χ0) is 10.0. The van der Waals surface area contributed by atoms with Crippen molar-refractivity contribution < 1.29 is 4.79 Å². The van der Waals surface area contributed by atoms with Crippen molar-refractivity contribution in [3.63, 3.8) is 0 Å². The van der Waals surface area contributed by atoms with Crippen LogP contribution in [0.1, 0.15) is 15.9 Å². The third kappa shape index (κ3) is 2.33. The minimum Gasteiger partial charge on any atom is -0.293 e. The number of halogens is 3.